The van der Waals surface area contributed by atoms with Gasteiger partial charge in [0.1, 0.15) is 5.60 Å². The van der Waals surface area contributed by atoms with Crippen LogP contribution in [0, 0.1) is 11.3 Å². The van der Waals surface area contributed by atoms with E-state index < -0.39 is 11.7 Å². The van der Waals surface area contributed by atoms with Crippen molar-refractivity contribution in [3.8, 4) is 6.07 Å². The smallest absolute Gasteiger partial charge is 0.407 e. The lowest BCUT2D eigenvalue weighted by Gasteiger charge is -2.20. The molecule has 0 saturated heterocycles. The highest BCUT2D eigenvalue weighted by molar-refractivity contribution is 5.67. The first kappa shape index (κ1) is 17.0. The number of hydrogen-bond donors (Lipinski definition) is 2. The van der Waals surface area contributed by atoms with E-state index in [2.05, 4.69) is 16.7 Å². The van der Waals surface area contributed by atoms with Crippen molar-refractivity contribution >= 4 is 6.09 Å². The summed E-state index contributed by atoms with van der Waals surface area (Å²) in [7, 11) is 0. The van der Waals surface area contributed by atoms with E-state index in [4.69, 9.17) is 10.00 Å². The van der Waals surface area contributed by atoms with E-state index in [0.29, 0.717) is 19.5 Å². The number of carbonyl (C=O) groups is 1. The van der Waals surface area contributed by atoms with Gasteiger partial charge in [-0.2, -0.15) is 5.26 Å². The summed E-state index contributed by atoms with van der Waals surface area (Å²) in [6, 6.07) is 11.8. The third-order valence-electron chi connectivity index (χ3n) is 2.65. The molecular weight excluding hydrogens is 266 g/mol. The minimum absolute atomic E-state index is 0.305. The summed E-state index contributed by atoms with van der Waals surface area (Å²) in [6.45, 7) is 6.46. The number of amides is 1. The maximum absolute atomic E-state index is 11.5. The predicted molar refractivity (Wildman–Crippen MR) is 81.5 cm³/mol. The maximum atomic E-state index is 11.5. The van der Waals surface area contributed by atoms with Gasteiger partial charge in [0.2, 0.25) is 0 Å². The fourth-order valence-corrected chi connectivity index (χ4v) is 1.68. The Morgan fingerprint density at radius 3 is 2.57 bits per heavy atom. The molecule has 1 rings (SSSR count). The Labute approximate surface area is 126 Å². The monoisotopic (exact) mass is 289 g/mol. The van der Waals surface area contributed by atoms with Crippen molar-refractivity contribution < 1.29 is 9.53 Å². The maximum Gasteiger partial charge on any atom is 0.407 e. The third-order valence-corrected chi connectivity index (χ3v) is 2.65. The molecule has 0 saturated carbocycles. The quantitative estimate of drug-likeness (QED) is 0.844. The number of nitriles is 1. The normalized spacial score (nSPS) is 12.3. The van der Waals surface area contributed by atoms with Crippen molar-refractivity contribution in [2.75, 3.05) is 6.54 Å². The Bertz CT molecular complexity index is 475. The zero-order chi connectivity index (χ0) is 15.7. The lowest BCUT2D eigenvalue weighted by Crippen LogP contribution is -2.36. The molecule has 0 aliphatic rings. The number of benzene rings is 1. The number of rotatable bonds is 6. The molecule has 1 aromatic carbocycles. The lowest BCUT2D eigenvalue weighted by atomic mass is 10.2. The SMILES string of the molecule is CC(C)(C)OC(=O)NCCC(C#N)NCc1ccccc1. The van der Waals surface area contributed by atoms with Gasteiger partial charge in [-0.25, -0.2) is 4.79 Å². The first-order chi connectivity index (χ1) is 9.90. The molecule has 0 spiro atoms. The van der Waals surface area contributed by atoms with Gasteiger partial charge in [-0.15, -0.1) is 0 Å². The summed E-state index contributed by atoms with van der Waals surface area (Å²) >= 11 is 0. The molecule has 114 valence electrons. The van der Waals surface area contributed by atoms with Crippen LogP contribution in [0.2, 0.25) is 0 Å². The van der Waals surface area contributed by atoms with E-state index in [0.717, 1.165) is 5.56 Å². The molecule has 0 aromatic heterocycles. The van der Waals surface area contributed by atoms with Gasteiger partial charge < -0.3 is 10.1 Å². The van der Waals surface area contributed by atoms with Crippen LogP contribution in [0.1, 0.15) is 32.8 Å². The number of ether oxygens (including phenoxy) is 1. The standard InChI is InChI=1S/C16H23N3O2/c1-16(2,3)21-15(20)18-10-9-14(11-17)19-12-13-7-5-4-6-8-13/h4-8,14,19H,9-10,12H2,1-3H3,(H,18,20). The van der Waals surface area contributed by atoms with Crippen LogP contribution in [-0.2, 0) is 11.3 Å². The molecule has 1 aromatic rings. The van der Waals surface area contributed by atoms with Gasteiger partial charge in [0.15, 0.2) is 0 Å². The molecule has 21 heavy (non-hydrogen) atoms. The van der Waals surface area contributed by atoms with E-state index in [9.17, 15) is 4.79 Å². The van der Waals surface area contributed by atoms with Crippen LogP contribution in [0.5, 0.6) is 0 Å². The topological polar surface area (TPSA) is 74.1 Å². The minimum Gasteiger partial charge on any atom is -0.444 e. The molecule has 1 amide bonds. The molecule has 0 aliphatic carbocycles. The summed E-state index contributed by atoms with van der Waals surface area (Å²) in [5.74, 6) is 0. The number of carbonyl (C=O) groups excluding carboxylic acids is 1. The lowest BCUT2D eigenvalue weighted by molar-refractivity contribution is 0.0526. The zero-order valence-corrected chi connectivity index (χ0v) is 12.8. The minimum atomic E-state index is -0.510. The molecule has 0 radical (unpaired) electrons. The van der Waals surface area contributed by atoms with Crippen LogP contribution < -0.4 is 10.6 Å². The van der Waals surface area contributed by atoms with E-state index in [1.807, 2.05) is 51.1 Å². The van der Waals surface area contributed by atoms with E-state index in [1.54, 1.807) is 0 Å². The highest BCUT2D eigenvalue weighted by Crippen LogP contribution is 2.06. The first-order valence-corrected chi connectivity index (χ1v) is 7.04. The second-order valence-electron chi connectivity index (χ2n) is 5.77. The zero-order valence-electron chi connectivity index (χ0n) is 12.8. The van der Waals surface area contributed by atoms with Gasteiger partial charge >= 0.3 is 6.09 Å². The van der Waals surface area contributed by atoms with E-state index in [1.165, 1.54) is 0 Å². The average Bonchev–Trinajstić information content (AvgIpc) is 2.41. The molecule has 5 heteroatoms. The van der Waals surface area contributed by atoms with Crippen LogP contribution in [0.15, 0.2) is 30.3 Å². The van der Waals surface area contributed by atoms with Gasteiger partial charge in [0.25, 0.3) is 0 Å². The second-order valence-corrected chi connectivity index (χ2v) is 5.77. The summed E-state index contributed by atoms with van der Waals surface area (Å²) < 4.78 is 5.13. The molecule has 0 aliphatic heterocycles. The molecule has 1 unspecified atom stereocenters. The molecule has 0 heterocycles. The fraction of sp³-hybridized carbons (Fsp3) is 0.500. The molecular formula is C16H23N3O2. The Morgan fingerprint density at radius 2 is 2.00 bits per heavy atom. The van der Waals surface area contributed by atoms with E-state index >= 15 is 0 Å². The van der Waals surface area contributed by atoms with Crippen LogP contribution in [-0.4, -0.2) is 24.3 Å². The van der Waals surface area contributed by atoms with Crippen molar-refractivity contribution in [1.82, 2.24) is 10.6 Å². The highest BCUT2D eigenvalue weighted by Gasteiger charge is 2.16. The highest BCUT2D eigenvalue weighted by atomic mass is 16.6. The van der Waals surface area contributed by atoms with Crippen molar-refractivity contribution in [3.63, 3.8) is 0 Å². The van der Waals surface area contributed by atoms with Gasteiger partial charge in [-0.05, 0) is 32.8 Å². The van der Waals surface area contributed by atoms with Crippen molar-refractivity contribution in [3.05, 3.63) is 35.9 Å². The number of alkyl carbamates (subject to hydrolysis) is 1. The summed E-state index contributed by atoms with van der Waals surface area (Å²) in [4.78, 5) is 11.5. The Balaban J connectivity index is 2.26. The fourth-order valence-electron chi connectivity index (χ4n) is 1.68. The van der Waals surface area contributed by atoms with Crippen LogP contribution >= 0.6 is 0 Å². The molecule has 2 N–H and O–H groups in total. The third kappa shape index (κ3) is 7.95. The van der Waals surface area contributed by atoms with Gasteiger partial charge in [0, 0.05) is 13.1 Å². The number of hydrogen-bond acceptors (Lipinski definition) is 4. The Morgan fingerprint density at radius 1 is 1.33 bits per heavy atom. The van der Waals surface area contributed by atoms with Crippen molar-refractivity contribution in [2.45, 2.75) is 45.4 Å². The van der Waals surface area contributed by atoms with Crippen LogP contribution in [0.3, 0.4) is 0 Å². The summed E-state index contributed by atoms with van der Waals surface area (Å²) in [6.07, 6.45) is 0.0741. The van der Waals surface area contributed by atoms with Crippen molar-refractivity contribution in [1.29, 1.82) is 5.26 Å². The van der Waals surface area contributed by atoms with Crippen LogP contribution in [0.4, 0.5) is 4.79 Å². The van der Waals surface area contributed by atoms with E-state index in [-0.39, 0.29) is 6.04 Å². The molecule has 0 fully saturated rings. The average molecular weight is 289 g/mol. The van der Waals surface area contributed by atoms with Crippen LogP contribution in [0.25, 0.3) is 0 Å². The van der Waals surface area contributed by atoms with Gasteiger partial charge in [-0.1, -0.05) is 30.3 Å². The number of nitrogens with zero attached hydrogens (tertiary/aromatic N) is 1. The summed E-state index contributed by atoms with van der Waals surface area (Å²) in [5, 5.41) is 14.9. The largest absolute Gasteiger partial charge is 0.444 e. The van der Waals surface area contributed by atoms with Gasteiger partial charge in [-0.3, -0.25) is 5.32 Å². The second kappa shape index (κ2) is 8.28. The Kier molecular flexibility index (Phi) is 6.70. The number of nitrogens with one attached hydrogen (secondary N) is 2. The molecule has 1 atom stereocenters. The molecule has 0 bridgehead atoms. The van der Waals surface area contributed by atoms with Gasteiger partial charge in [0.05, 0.1) is 12.1 Å². The molecule has 5 nitrogen and oxygen atoms in total. The summed E-state index contributed by atoms with van der Waals surface area (Å²) in [5.41, 5.74) is 0.613. The first-order valence-electron chi connectivity index (χ1n) is 7.04. The Hall–Kier alpha value is -2.06. The predicted octanol–water partition coefficient (Wildman–Crippen LogP) is 2.58. The van der Waals surface area contributed by atoms with Crippen molar-refractivity contribution in [2.24, 2.45) is 0 Å².